The lowest BCUT2D eigenvalue weighted by atomic mass is 9.88. The van der Waals surface area contributed by atoms with Crippen LogP contribution in [0.25, 0.3) is 0 Å². The molecule has 1 amide bonds. The Morgan fingerprint density at radius 2 is 1.76 bits per heavy atom. The average Bonchev–Trinajstić information content (AvgIpc) is 3.21. The van der Waals surface area contributed by atoms with Crippen LogP contribution in [-0.4, -0.2) is 46.9 Å². The van der Waals surface area contributed by atoms with E-state index in [0.29, 0.717) is 24.9 Å². The van der Waals surface area contributed by atoms with Gasteiger partial charge < -0.3 is 4.90 Å². The van der Waals surface area contributed by atoms with Crippen LogP contribution in [0.2, 0.25) is 0 Å². The van der Waals surface area contributed by atoms with Gasteiger partial charge in [-0.1, -0.05) is 62.4 Å². The Morgan fingerprint density at radius 3 is 2.45 bits per heavy atom. The van der Waals surface area contributed by atoms with Crippen LogP contribution in [-0.2, 0) is 6.54 Å². The molecule has 4 rings (SSSR count). The van der Waals surface area contributed by atoms with Crippen LogP contribution in [0.1, 0.15) is 41.4 Å². The second-order valence-electron chi connectivity index (χ2n) is 9.38. The van der Waals surface area contributed by atoms with Gasteiger partial charge >= 0.3 is 0 Å². The van der Waals surface area contributed by atoms with Crippen LogP contribution in [0.4, 0.5) is 4.39 Å². The van der Waals surface area contributed by atoms with E-state index in [4.69, 9.17) is 0 Å². The molecule has 0 bridgehead atoms. The van der Waals surface area contributed by atoms with Crippen molar-refractivity contribution in [2.45, 2.75) is 26.3 Å². The Labute approximate surface area is 196 Å². The van der Waals surface area contributed by atoms with Crippen LogP contribution in [0, 0.1) is 17.7 Å². The summed E-state index contributed by atoms with van der Waals surface area (Å²) in [6, 6.07) is 22.8. The van der Waals surface area contributed by atoms with Crippen LogP contribution < -0.4 is 0 Å². The summed E-state index contributed by atoms with van der Waals surface area (Å²) in [6.07, 6.45) is 1.83. The minimum atomic E-state index is -0.459. The van der Waals surface area contributed by atoms with Crippen molar-refractivity contribution in [3.8, 4) is 0 Å². The van der Waals surface area contributed by atoms with E-state index in [-0.39, 0.29) is 17.4 Å². The monoisotopic (exact) mass is 445 g/mol. The first-order chi connectivity index (χ1) is 16.0. The zero-order valence-electron chi connectivity index (χ0n) is 19.4. The maximum absolute atomic E-state index is 14.4. The zero-order valence-corrected chi connectivity index (χ0v) is 19.4. The molecule has 0 saturated carbocycles. The molecule has 2 heterocycles. The Morgan fingerprint density at radius 1 is 1.03 bits per heavy atom. The third-order valence-corrected chi connectivity index (χ3v) is 6.29. The second-order valence-corrected chi connectivity index (χ2v) is 9.38. The highest BCUT2D eigenvalue weighted by molar-refractivity contribution is 5.94. The molecule has 0 spiro atoms. The molecular weight excluding hydrogens is 413 g/mol. The highest BCUT2D eigenvalue weighted by atomic mass is 19.1. The van der Waals surface area contributed by atoms with Crippen LogP contribution in [0.15, 0.2) is 79.0 Å². The summed E-state index contributed by atoms with van der Waals surface area (Å²) < 4.78 is 14.4. The van der Waals surface area contributed by atoms with Crippen molar-refractivity contribution in [2.75, 3.05) is 26.2 Å². The summed E-state index contributed by atoms with van der Waals surface area (Å²) in [5, 5.41) is 0. The van der Waals surface area contributed by atoms with Crippen molar-refractivity contribution < 1.29 is 9.18 Å². The molecule has 0 radical (unpaired) electrons. The smallest absolute Gasteiger partial charge is 0.256 e. The van der Waals surface area contributed by atoms with Gasteiger partial charge in [0.15, 0.2) is 0 Å². The van der Waals surface area contributed by atoms with E-state index in [1.54, 1.807) is 18.2 Å². The molecule has 1 fully saturated rings. The van der Waals surface area contributed by atoms with E-state index in [9.17, 15) is 9.18 Å². The van der Waals surface area contributed by atoms with E-state index in [0.717, 1.165) is 25.3 Å². The van der Waals surface area contributed by atoms with Gasteiger partial charge in [0.2, 0.25) is 0 Å². The fourth-order valence-corrected chi connectivity index (χ4v) is 4.84. The molecule has 0 aliphatic carbocycles. The van der Waals surface area contributed by atoms with Gasteiger partial charge in [-0.15, -0.1) is 0 Å². The van der Waals surface area contributed by atoms with Gasteiger partial charge in [-0.3, -0.25) is 14.7 Å². The number of likely N-dealkylation sites (tertiary alicyclic amines) is 1. The van der Waals surface area contributed by atoms with Gasteiger partial charge in [0, 0.05) is 44.8 Å². The van der Waals surface area contributed by atoms with Crippen molar-refractivity contribution in [1.29, 1.82) is 0 Å². The minimum Gasteiger partial charge on any atom is -0.338 e. The zero-order chi connectivity index (χ0) is 23.2. The number of halogens is 1. The van der Waals surface area contributed by atoms with E-state index in [1.807, 2.05) is 29.3 Å². The molecule has 1 aliphatic rings. The third kappa shape index (κ3) is 5.85. The van der Waals surface area contributed by atoms with Crippen molar-refractivity contribution in [1.82, 2.24) is 14.8 Å². The minimum absolute atomic E-state index is 0.151. The quantitative estimate of drug-likeness (QED) is 0.476. The highest BCUT2D eigenvalue weighted by Gasteiger charge is 2.36. The largest absolute Gasteiger partial charge is 0.338 e. The van der Waals surface area contributed by atoms with Crippen LogP contribution in [0.5, 0.6) is 0 Å². The molecule has 3 aromatic rings. The Balaban J connectivity index is 1.58. The summed E-state index contributed by atoms with van der Waals surface area (Å²) >= 11 is 0. The van der Waals surface area contributed by atoms with Gasteiger partial charge in [0.1, 0.15) is 5.82 Å². The number of nitrogens with zero attached hydrogens (tertiary/aromatic N) is 3. The first kappa shape index (κ1) is 23.1. The summed E-state index contributed by atoms with van der Waals surface area (Å²) in [5.41, 5.74) is 2.48. The fraction of sp³-hybridized carbons (Fsp3) is 0.357. The molecule has 5 heteroatoms. The molecule has 2 unspecified atom stereocenters. The molecular formula is C28H32FN3O. The number of rotatable bonds is 8. The molecule has 1 aromatic heterocycles. The Hall–Kier alpha value is -3.05. The predicted molar refractivity (Wildman–Crippen MR) is 129 cm³/mol. The van der Waals surface area contributed by atoms with Crippen molar-refractivity contribution >= 4 is 5.91 Å². The lowest BCUT2D eigenvalue weighted by Crippen LogP contribution is -2.40. The Kier molecular flexibility index (Phi) is 7.50. The van der Waals surface area contributed by atoms with Crippen molar-refractivity contribution in [3.05, 3.63) is 102 Å². The molecule has 0 N–H and O–H groups in total. The standard InChI is InChI=1S/C28H32FN3O/c1-21(2)16-32(28(33)25-13-6-7-14-27(25)29)18-23-17-31(19-24-12-8-9-15-30-24)20-26(23)22-10-4-3-5-11-22/h3-15,21,23,26H,16-20H2,1-2H3. The summed E-state index contributed by atoms with van der Waals surface area (Å²) in [5.74, 6) is 0.168. The molecule has 1 saturated heterocycles. The molecule has 1 aliphatic heterocycles. The van der Waals surface area contributed by atoms with Gasteiger partial charge in [0.05, 0.1) is 11.3 Å². The van der Waals surface area contributed by atoms with Gasteiger partial charge in [0.25, 0.3) is 5.91 Å². The average molecular weight is 446 g/mol. The number of amides is 1. The number of hydrogen-bond acceptors (Lipinski definition) is 3. The number of carbonyl (C=O) groups excluding carboxylic acids is 1. The maximum atomic E-state index is 14.4. The van der Waals surface area contributed by atoms with Crippen LogP contribution in [0.3, 0.4) is 0 Å². The third-order valence-electron chi connectivity index (χ3n) is 6.29. The molecule has 2 atom stereocenters. The van der Waals surface area contributed by atoms with E-state index in [2.05, 4.69) is 54.1 Å². The van der Waals surface area contributed by atoms with Gasteiger partial charge in [-0.05, 0) is 41.7 Å². The number of carbonyl (C=O) groups is 1. The molecule has 172 valence electrons. The van der Waals surface area contributed by atoms with Crippen molar-refractivity contribution in [3.63, 3.8) is 0 Å². The van der Waals surface area contributed by atoms with Crippen molar-refractivity contribution in [2.24, 2.45) is 11.8 Å². The topological polar surface area (TPSA) is 36.4 Å². The predicted octanol–water partition coefficient (Wildman–Crippen LogP) is 5.23. The fourth-order valence-electron chi connectivity index (χ4n) is 4.84. The lowest BCUT2D eigenvalue weighted by Gasteiger charge is -2.30. The normalized spacial score (nSPS) is 18.5. The summed E-state index contributed by atoms with van der Waals surface area (Å²) in [7, 11) is 0. The number of pyridine rings is 1. The van der Waals surface area contributed by atoms with Crippen LogP contribution >= 0.6 is 0 Å². The molecule has 2 aromatic carbocycles. The van der Waals surface area contributed by atoms with E-state index in [1.165, 1.54) is 11.6 Å². The van der Waals surface area contributed by atoms with E-state index >= 15 is 0 Å². The lowest BCUT2D eigenvalue weighted by molar-refractivity contribution is 0.0698. The SMILES string of the molecule is CC(C)CN(CC1CN(Cc2ccccn2)CC1c1ccccc1)C(=O)c1ccccc1F. The summed E-state index contributed by atoms with van der Waals surface area (Å²) in [6.45, 7) is 7.96. The highest BCUT2D eigenvalue weighted by Crippen LogP contribution is 2.34. The van der Waals surface area contributed by atoms with E-state index < -0.39 is 5.82 Å². The molecule has 4 nitrogen and oxygen atoms in total. The maximum Gasteiger partial charge on any atom is 0.256 e. The Bertz CT molecular complexity index is 1040. The molecule has 33 heavy (non-hydrogen) atoms. The first-order valence-corrected chi connectivity index (χ1v) is 11.7. The number of benzene rings is 2. The number of aromatic nitrogens is 1. The number of hydrogen-bond donors (Lipinski definition) is 0. The second kappa shape index (κ2) is 10.7. The first-order valence-electron chi connectivity index (χ1n) is 11.7. The summed E-state index contributed by atoms with van der Waals surface area (Å²) in [4.78, 5) is 22.1. The van der Waals surface area contributed by atoms with Gasteiger partial charge in [-0.2, -0.15) is 0 Å². The van der Waals surface area contributed by atoms with Gasteiger partial charge in [-0.25, -0.2) is 4.39 Å².